The molecule has 0 aliphatic heterocycles. The number of anilines is 1. The summed E-state index contributed by atoms with van der Waals surface area (Å²) >= 11 is 6.07. The molecule has 1 amide bonds. The van der Waals surface area contributed by atoms with Crippen molar-refractivity contribution in [3.8, 4) is 0 Å². The van der Waals surface area contributed by atoms with Crippen molar-refractivity contribution in [3.63, 3.8) is 0 Å². The summed E-state index contributed by atoms with van der Waals surface area (Å²) in [6.45, 7) is 1.94. The van der Waals surface area contributed by atoms with Crippen LogP contribution in [0.3, 0.4) is 0 Å². The van der Waals surface area contributed by atoms with Crippen molar-refractivity contribution in [3.05, 3.63) is 41.2 Å². The Bertz CT molecular complexity index is 583. The van der Waals surface area contributed by atoms with E-state index in [4.69, 9.17) is 17.3 Å². The Morgan fingerprint density at radius 1 is 1.53 bits per heavy atom. The van der Waals surface area contributed by atoms with Crippen molar-refractivity contribution in [2.24, 2.45) is 0 Å². The predicted molar refractivity (Wildman–Crippen MR) is 72.4 cm³/mol. The summed E-state index contributed by atoms with van der Waals surface area (Å²) in [5, 5.41) is 7.31. The van der Waals surface area contributed by atoms with Gasteiger partial charge in [-0.25, -0.2) is 9.67 Å². The second-order valence-electron chi connectivity index (χ2n) is 4.11. The average molecular weight is 280 g/mol. The van der Waals surface area contributed by atoms with Crippen LogP contribution in [0.5, 0.6) is 0 Å². The highest BCUT2D eigenvalue weighted by atomic mass is 35.5. The lowest BCUT2D eigenvalue weighted by Gasteiger charge is -2.15. The van der Waals surface area contributed by atoms with Gasteiger partial charge in [0.2, 0.25) is 11.9 Å². The van der Waals surface area contributed by atoms with Crippen molar-refractivity contribution >= 4 is 23.5 Å². The third-order valence-electron chi connectivity index (χ3n) is 2.61. The van der Waals surface area contributed by atoms with E-state index in [-0.39, 0.29) is 24.4 Å². The molecule has 2 rings (SSSR count). The third kappa shape index (κ3) is 3.45. The van der Waals surface area contributed by atoms with E-state index in [0.29, 0.717) is 5.02 Å². The Morgan fingerprint density at radius 3 is 2.89 bits per heavy atom. The zero-order valence-electron chi connectivity index (χ0n) is 10.4. The first-order chi connectivity index (χ1) is 9.06. The number of halogens is 1. The number of nitrogen functional groups attached to an aromatic ring is 1. The average Bonchev–Trinajstić information content (AvgIpc) is 2.74. The second kappa shape index (κ2) is 5.71. The Labute approximate surface area is 115 Å². The molecule has 3 N–H and O–H groups in total. The van der Waals surface area contributed by atoms with Gasteiger partial charge in [-0.2, -0.15) is 0 Å². The minimum absolute atomic E-state index is 0.0684. The Kier molecular flexibility index (Phi) is 4.01. The largest absolute Gasteiger partial charge is 0.367 e. The zero-order chi connectivity index (χ0) is 13.8. The molecule has 1 atom stereocenters. The van der Waals surface area contributed by atoms with Gasteiger partial charge in [-0.15, -0.1) is 5.10 Å². The molecule has 7 heteroatoms. The summed E-state index contributed by atoms with van der Waals surface area (Å²) in [6.07, 6.45) is 1.41. The number of nitrogens with zero attached hydrogens (tertiary/aromatic N) is 3. The van der Waals surface area contributed by atoms with Gasteiger partial charge in [-0.05, 0) is 18.6 Å². The van der Waals surface area contributed by atoms with E-state index in [1.165, 1.54) is 11.0 Å². The van der Waals surface area contributed by atoms with E-state index in [1.54, 1.807) is 6.07 Å². The van der Waals surface area contributed by atoms with Crippen LogP contribution < -0.4 is 11.1 Å². The molecule has 1 unspecified atom stereocenters. The molecule has 0 saturated heterocycles. The van der Waals surface area contributed by atoms with Crippen LogP contribution >= 0.6 is 11.6 Å². The zero-order valence-corrected chi connectivity index (χ0v) is 11.1. The number of nitrogens with two attached hydrogens (primary N) is 1. The SMILES string of the molecule is CC(NC(=O)Cn1cnc(N)n1)c1ccccc1Cl. The molecular weight excluding hydrogens is 266 g/mol. The van der Waals surface area contributed by atoms with Gasteiger partial charge in [0, 0.05) is 5.02 Å². The molecule has 0 fully saturated rings. The van der Waals surface area contributed by atoms with Crippen molar-refractivity contribution in [1.29, 1.82) is 0 Å². The van der Waals surface area contributed by atoms with Crippen molar-refractivity contribution in [2.45, 2.75) is 19.5 Å². The van der Waals surface area contributed by atoms with E-state index in [1.807, 2.05) is 25.1 Å². The highest BCUT2D eigenvalue weighted by Gasteiger charge is 2.12. The third-order valence-corrected chi connectivity index (χ3v) is 2.95. The number of carbonyl (C=O) groups excluding carboxylic acids is 1. The number of benzene rings is 1. The van der Waals surface area contributed by atoms with E-state index < -0.39 is 0 Å². The molecule has 19 heavy (non-hydrogen) atoms. The first-order valence-corrected chi connectivity index (χ1v) is 6.13. The fraction of sp³-hybridized carbons (Fsp3) is 0.250. The molecule has 0 spiro atoms. The second-order valence-corrected chi connectivity index (χ2v) is 4.52. The molecular formula is C12H14ClN5O. The maximum atomic E-state index is 11.8. The van der Waals surface area contributed by atoms with Crippen LogP contribution in [0.4, 0.5) is 5.95 Å². The molecule has 0 aliphatic rings. The number of carbonyl (C=O) groups is 1. The maximum Gasteiger partial charge on any atom is 0.242 e. The summed E-state index contributed by atoms with van der Waals surface area (Å²) in [5.74, 6) is -0.0377. The molecule has 6 nitrogen and oxygen atoms in total. The number of aromatic nitrogens is 3. The monoisotopic (exact) mass is 279 g/mol. The van der Waals surface area contributed by atoms with E-state index in [9.17, 15) is 4.79 Å². The molecule has 0 bridgehead atoms. The van der Waals surface area contributed by atoms with Gasteiger partial charge in [0.05, 0.1) is 6.04 Å². The molecule has 2 aromatic rings. The lowest BCUT2D eigenvalue weighted by molar-refractivity contribution is -0.122. The van der Waals surface area contributed by atoms with Crippen LogP contribution in [0.1, 0.15) is 18.5 Å². The number of nitrogens with one attached hydrogen (secondary N) is 1. The first-order valence-electron chi connectivity index (χ1n) is 5.75. The number of amides is 1. The molecule has 100 valence electrons. The minimum atomic E-state index is -0.183. The molecule has 0 radical (unpaired) electrons. The number of rotatable bonds is 4. The first kappa shape index (κ1) is 13.4. The van der Waals surface area contributed by atoms with Gasteiger partial charge in [0.25, 0.3) is 0 Å². The fourth-order valence-corrected chi connectivity index (χ4v) is 2.02. The summed E-state index contributed by atoms with van der Waals surface area (Å²) in [7, 11) is 0. The van der Waals surface area contributed by atoms with E-state index in [0.717, 1.165) is 5.56 Å². The predicted octanol–water partition coefficient (Wildman–Crippen LogP) is 1.39. The quantitative estimate of drug-likeness (QED) is 0.885. The van der Waals surface area contributed by atoms with Gasteiger partial charge >= 0.3 is 0 Å². The van der Waals surface area contributed by atoms with Crippen molar-refractivity contribution in [1.82, 2.24) is 20.1 Å². The van der Waals surface area contributed by atoms with Crippen LogP contribution in [-0.2, 0) is 11.3 Å². The Morgan fingerprint density at radius 2 is 2.26 bits per heavy atom. The van der Waals surface area contributed by atoms with Gasteiger partial charge in [-0.1, -0.05) is 29.8 Å². The highest BCUT2D eigenvalue weighted by molar-refractivity contribution is 6.31. The highest BCUT2D eigenvalue weighted by Crippen LogP contribution is 2.21. The van der Waals surface area contributed by atoms with Crippen LogP contribution in [0.2, 0.25) is 5.02 Å². The lowest BCUT2D eigenvalue weighted by Crippen LogP contribution is -2.30. The van der Waals surface area contributed by atoms with Crippen LogP contribution in [0.15, 0.2) is 30.6 Å². The summed E-state index contributed by atoms with van der Waals surface area (Å²) in [5.41, 5.74) is 6.25. The smallest absolute Gasteiger partial charge is 0.242 e. The van der Waals surface area contributed by atoms with Crippen LogP contribution in [-0.4, -0.2) is 20.7 Å². The molecule has 0 aliphatic carbocycles. The molecule has 1 aromatic carbocycles. The molecule has 1 aromatic heterocycles. The van der Waals surface area contributed by atoms with E-state index >= 15 is 0 Å². The molecule has 0 saturated carbocycles. The van der Waals surface area contributed by atoms with Gasteiger partial charge < -0.3 is 11.1 Å². The van der Waals surface area contributed by atoms with Gasteiger partial charge in [0.1, 0.15) is 12.9 Å². The van der Waals surface area contributed by atoms with Crippen molar-refractivity contribution in [2.75, 3.05) is 5.73 Å². The number of hydrogen-bond donors (Lipinski definition) is 2. The van der Waals surface area contributed by atoms with Crippen LogP contribution in [0, 0.1) is 0 Å². The van der Waals surface area contributed by atoms with Gasteiger partial charge in [0.15, 0.2) is 0 Å². The van der Waals surface area contributed by atoms with Crippen LogP contribution in [0.25, 0.3) is 0 Å². The molecule has 1 heterocycles. The van der Waals surface area contributed by atoms with Crippen molar-refractivity contribution < 1.29 is 4.79 Å². The lowest BCUT2D eigenvalue weighted by atomic mass is 10.1. The normalized spacial score (nSPS) is 12.1. The fourth-order valence-electron chi connectivity index (χ4n) is 1.72. The Hall–Kier alpha value is -2.08. The summed E-state index contributed by atoms with van der Waals surface area (Å²) in [6, 6.07) is 7.21. The summed E-state index contributed by atoms with van der Waals surface area (Å²) < 4.78 is 1.38. The standard InChI is InChI=1S/C12H14ClN5O/c1-8(9-4-2-3-5-10(9)13)16-11(19)6-18-7-15-12(14)17-18/h2-5,7-8H,6H2,1H3,(H2,14,17)(H,16,19). The number of hydrogen-bond acceptors (Lipinski definition) is 4. The summed E-state index contributed by atoms with van der Waals surface area (Å²) in [4.78, 5) is 15.6. The maximum absolute atomic E-state index is 11.8. The minimum Gasteiger partial charge on any atom is -0.367 e. The topological polar surface area (TPSA) is 85.8 Å². The van der Waals surface area contributed by atoms with E-state index in [2.05, 4.69) is 15.4 Å². The Balaban J connectivity index is 1.97. The van der Waals surface area contributed by atoms with Gasteiger partial charge in [-0.3, -0.25) is 4.79 Å².